The van der Waals surface area contributed by atoms with Gasteiger partial charge in [0, 0.05) is 44.0 Å². The van der Waals surface area contributed by atoms with Crippen LogP contribution in [0.4, 0.5) is 14.5 Å². The number of rotatable bonds is 4. The van der Waals surface area contributed by atoms with Gasteiger partial charge in [-0.3, -0.25) is 4.79 Å². The van der Waals surface area contributed by atoms with Crippen LogP contribution in [0.25, 0.3) is 0 Å². The van der Waals surface area contributed by atoms with E-state index < -0.39 is 27.6 Å². The highest BCUT2D eigenvalue weighted by atomic mass is 32.2. The molecule has 10 heteroatoms. The molecule has 1 amide bonds. The Kier molecular flexibility index (Phi) is 5.29. The second-order valence-electron chi connectivity index (χ2n) is 6.56. The smallest absolute Gasteiger partial charge is 0.262 e. The third kappa shape index (κ3) is 4.16. The van der Waals surface area contributed by atoms with Crippen molar-refractivity contribution >= 4 is 21.6 Å². The van der Waals surface area contributed by atoms with E-state index in [1.807, 2.05) is 0 Å². The van der Waals surface area contributed by atoms with Crippen LogP contribution in [0.15, 0.2) is 29.4 Å². The summed E-state index contributed by atoms with van der Waals surface area (Å²) in [6, 6.07) is 2.78. The van der Waals surface area contributed by atoms with Crippen LogP contribution in [-0.2, 0) is 21.9 Å². The van der Waals surface area contributed by atoms with E-state index in [0.717, 1.165) is 18.2 Å². The zero-order valence-electron chi connectivity index (χ0n) is 14.9. The number of carbonyl (C=O) groups is 1. The minimum Gasteiger partial charge on any atom is -0.337 e. The van der Waals surface area contributed by atoms with Crippen LogP contribution < -0.4 is 5.32 Å². The first-order valence-corrected chi connectivity index (χ1v) is 9.88. The molecule has 2 heterocycles. The fraction of sp³-hybridized carbons (Fsp3) is 0.412. The van der Waals surface area contributed by atoms with Crippen LogP contribution >= 0.6 is 0 Å². The van der Waals surface area contributed by atoms with Gasteiger partial charge in [0.1, 0.15) is 17.5 Å². The average Bonchev–Trinajstić information content (AvgIpc) is 2.94. The van der Waals surface area contributed by atoms with Crippen molar-refractivity contribution in [1.29, 1.82) is 0 Å². The monoisotopic (exact) mass is 398 g/mol. The summed E-state index contributed by atoms with van der Waals surface area (Å²) < 4.78 is 54.7. The molecule has 0 spiro atoms. The number of hydrogen-bond donors (Lipinski definition) is 1. The van der Waals surface area contributed by atoms with Crippen LogP contribution in [0, 0.1) is 24.5 Å². The zero-order chi connectivity index (χ0) is 19.8. The molecule has 1 fully saturated rings. The van der Waals surface area contributed by atoms with E-state index >= 15 is 0 Å². The summed E-state index contributed by atoms with van der Waals surface area (Å²) in [5.41, 5.74) is 0.0384. The lowest BCUT2D eigenvalue weighted by atomic mass is 9.97. The highest BCUT2D eigenvalue weighted by molar-refractivity contribution is 7.89. The molecule has 0 saturated carbocycles. The number of carbonyl (C=O) groups excluding carboxylic acids is 1. The van der Waals surface area contributed by atoms with E-state index in [2.05, 4.69) is 10.3 Å². The van der Waals surface area contributed by atoms with Crippen molar-refractivity contribution in [2.24, 2.45) is 13.0 Å². The van der Waals surface area contributed by atoms with Crippen molar-refractivity contribution in [2.75, 3.05) is 18.4 Å². The SMILES string of the molecule is Cc1nc(S(=O)(=O)N2CCC(C(=O)Nc3cc(F)cc(F)c3)CC2)cn1C. The summed E-state index contributed by atoms with van der Waals surface area (Å²) in [5.74, 6) is -1.79. The quantitative estimate of drug-likeness (QED) is 0.854. The molecule has 1 aromatic carbocycles. The first kappa shape index (κ1) is 19.4. The molecule has 1 N–H and O–H groups in total. The second-order valence-corrected chi connectivity index (χ2v) is 8.45. The summed E-state index contributed by atoms with van der Waals surface area (Å²) in [4.78, 5) is 16.4. The topological polar surface area (TPSA) is 84.3 Å². The summed E-state index contributed by atoms with van der Waals surface area (Å²) in [5, 5.41) is 2.47. The minimum atomic E-state index is -3.71. The normalized spacial score (nSPS) is 16.4. The molecular formula is C17H20F2N4O3S. The van der Waals surface area contributed by atoms with Gasteiger partial charge in [0.15, 0.2) is 5.03 Å². The molecule has 0 aliphatic carbocycles. The molecular weight excluding hydrogens is 378 g/mol. The second kappa shape index (κ2) is 7.35. The molecule has 146 valence electrons. The molecule has 27 heavy (non-hydrogen) atoms. The van der Waals surface area contributed by atoms with Crippen LogP contribution in [0.2, 0.25) is 0 Å². The molecule has 0 bridgehead atoms. The Morgan fingerprint density at radius 3 is 2.30 bits per heavy atom. The Hall–Kier alpha value is -2.33. The largest absolute Gasteiger partial charge is 0.337 e. The fourth-order valence-electron chi connectivity index (χ4n) is 3.01. The standard InChI is InChI=1S/C17H20F2N4O3S/c1-11-20-16(10-22(11)2)27(25,26)23-5-3-12(4-6-23)17(24)21-15-8-13(18)7-14(19)9-15/h7-10,12H,3-6H2,1-2H3,(H,21,24). The average molecular weight is 398 g/mol. The first-order chi connectivity index (χ1) is 12.7. The van der Waals surface area contributed by atoms with E-state index in [1.54, 1.807) is 18.5 Å². The lowest BCUT2D eigenvalue weighted by Crippen LogP contribution is -2.41. The first-order valence-electron chi connectivity index (χ1n) is 8.44. The number of aromatic nitrogens is 2. The summed E-state index contributed by atoms with van der Waals surface area (Å²) in [6.45, 7) is 2.06. The van der Waals surface area contributed by atoms with Gasteiger partial charge < -0.3 is 9.88 Å². The number of halogens is 2. The number of sulfonamides is 1. The predicted octanol–water partition coefficient (Wildman–Crippen LogP) is 2.05. The van der Waals surface area contributed by atoms with Gasteiger partial charge in [-0.15, -0.1) is 0 Å². The lowest BCUT2D eigenvalue weighted by Gasteiger charge is -2.29. The van der Waals surface area contributed by atoms with E-state index in [0.29, 0.717) is 18.7 Å². The number of anilines is 1. The molecule has 2 aromatic rings. The van der Waals surface area contributed by atoms with Crippen molar-refractivity contribution in [2.45, 2.75) is 24.8 Å². The molecule has 1 aliphatic rings. The Labute approximate surface area is 156 Å². The molecule has 7 nitrogen and oxygen atoms in total. The molecule has 0 radical (unpaired) electrons. The number of hydrogen-bond acceptors (Lipinski definition) is 4. The van der Waals surface area contributed by atoms with Gasteiger partial charge in [-0.25, -0.2) is 22.2 Å². The van der Waals surface area contributed by atoms with Gasteiger partial charge in [0.25, 0.3) is 10.0 Å². The zero-order valence-corrected chi connectivity index (χ0v) is 15.8. The highest BCUT2D eigenvalue weighted by Gasteiger charge is 2.33. The van der Waals surface area contributed by atoms with Crippen molar-refractivity contribution in [3.05, 3.63) is 41.9 Å². The summed E-state index contributed by atoms with van der Waals surface area (Å²) >= 11 is 0. The molecule has 3 rings (SSSR count). The van der Waals surface area contributed by atoms with Gasteiger partial charge >= 0.3 is 0 Å². The van der Waals surface area contributed by atoms with Crippen molar-refractivity contribution < 1.29 is 22.0 Å². The van der Waals surface area contributed by atoms with Crippen LogP contribution in [0.3, 0.4) is 0 Å². The molecule has 0 unspecified atom stereocenters. The number of piperidine rings is 1. The molecule has 0 atom stereocenters. The number of nitrogens with one attached hydrogen (secondary N) is 1. The maximum Gasteiger partial charge on any atom is 0.262 e. The van der Waals surface area contributed by atoms with Gasteiger partial charge in [-0.2, -0.15) is 4.31 Å². The number of benzene rings is 1. The van der Waals surface area contributed by atoms with Gasteiger partial charge in [-0.05, 0) is 31.9 Å². The minimum absolute atomic E-state index is 0.0133. The van der Waals surface area contributed by atoms with E-state index in [4.69, 9.17) is 0 Å². The maximum atomic E-state index is 13.2. The fourth-order valence-corrected chi connectivity index (χ4v) is 4.51. The molecule has 1 aromatic heterocycles. The number of amides is 1. The lowest BCUT2D eigenvalue weighted by molar-refractivity contribution is -0.120. The van der Waals surface area contributed by atoms with Crippen LogP contribution in [0.5, 0.6) is 0 Å². The van der Waals surface area contributed by atoms with Crippen LogP contribution in [0.1, 0.15) is 18.7 Å². The predicted molar refractivity (Wildman–Crippen MR) is 94.4 cm³/mol. The third-order valence-electron chi connectivity index (χ3n) is 4.65. The number of nitrogens with zero attached hydrogens (tertiary/aromatic N) is 3. The Morgan fingerprint density at radius 1 is 1.19 bits per heavy atom. The van der Waals surface area contributed by atoms with Gasteiger partial charge in [0.05, 0.1) is 0 Å². The Bertz CT molecular complexity index is 927. The summed E-state index contributed by atoms with van der Waals surface area (Å²) in [6.07, 6.45) is 2.09. The van der Waals surface area contributed by atoms with Crippen molar-refractivity contribution in [1.82, 2.24) is 13.9 Å². The van der Waals surface area contributed by atoms with Gasteiger partial charge in [-0.1, -0.05) is 0 Å². The third-order valence-corrected chi connectivity index (χ3v) is 6.42. The maximum absolute atomic E-state index is 13.2. The molecule has 1 aliphatic heterocycles. The van der Waals surface area contributed by atoms with Gasteiger partial charge in [0.2, 0.25) is 5.91 Å². The Morgan fingerprint density at radius 2 is 1.78 bits per heavy atom. The van der Waals surface area contributed by atoms with E-state index in [9.17, 15) is 22.0 Å². The van der Waals surface area contributed by atoms with Crippen molar-refractivity contribution in [3.8, 4) is 0 Å². The summed E-state index contributed by atoms with van der Waals surface area (Å²) in [7, 11) is -2.00. The molecule has 1 saturated heterocycles. The highest BCUT2D eigenvalue weighted by Crippen LogP contribution is 2.25. The van der Waals surface area contributed by atoms with Crippen LogP contribution in [-0.4, -0.2) is 41.3 Å². The van der Waals surface area contributed by atoms with Crippen molar-refractivity contribution in [3.63, 3.8) is 0 Å². The van der Waals surface area contributed by atoms with E-state index in [-0.39, 0.29) is 29.7 Å². The Balaban J connectivity index is 1.63. The number of imidazole rings is 1. The van der Waals surface area contributed by atoms with E-state index in [1.165, 1.54) is 10.5 Å². The number of aryl methyl sites for hydroxylation is 2.